The van der Waals surface area contributed by atoms with Crippen molar-refractivity contribution in [3.63, 3.8) is 0 Å². The van der Waals surface area contributed by atoms with Gasteiger partial charge in [0.1, 0.15) is 11.5 Å². The molecule has 0 aliphatic carbocycles. The van der Waals surface area contributed by atoms with E-state index in [-0.39, 0.29) is 17.4 Å². The Morgan fingerprint density at radius 2 is 1.89 bits per heavy atom. The third kappa shape index (κ3) is 2.87. The summed E-state index contributed by atoms with van der Waals surface area (Å²) in [7, 11) is 0. The Hall–Kier alpha value is -3.41. The van der Waals surface area contributed by atoms with E-state index in [2.05, 4.69) is 9.97 Å². The summed E-state index contributed by atoms with van der Waals surface area (Å²) in [5.41, 5.74) is 2.07. The number of amides is 1. The Labute approximate surface area is 161 Å². The summed E-state index contributed by atoms with van der Waals surface area (Å²) in [5.74, 6) is 0.951. The second-order valence-corrected chi connectivity index (χ2v) is 7.33. The summed E-state index contributed by atoms with van der Waals surface area (Å²) in [6, 6.07) is 17.0. The Kier molecular flexibility index (Phi) is 3.97. The van der Waals surface area contributed by atoms with Crippen LogP contribution in [0.25, 0.3) is 21.8 Å². The van der Waals surface area contributed by atoms with Gasteiger partial charge < -0.3 is 14.9 Å². The molecule has 1 amide bonds. The Bertz CT molecular complexity index is 1210. The van der Waals surface area contributed by atoms with E-state index >= 15 is 0 Å². The van der Waals surface area contributed by atoms with Crippen LogP contribution in [0.4, 0.5) is 0 Å². The number of aromatic amines is 2. The van der Waals surface area contributed by atoms with Gasteiger partial charge >= 0.3 is 0 Å². The highest BCUT2D eigenvalue weighted by Crippen LogP contribution is 2.27. The quantitative estimate of drug-likeness (QED) is 0.566. The number of carbonyl (C=O) groups excluding carboxylic acids is 1. The molecule has 2 aromatic heterocycles. The number of nitrogens with zero attached hydrogens (tertiary/aromatic N) is 2. The third-order valence-corrected chi connectivity index (χ3v) is 5.49. The summed E-state index contributed by atoms with van der Waals surface area (Å²) < 4.78 is 0. The van der Waals surface area contributed by atoms with Crippen molar-refractivity contribution in [1.82, 2.24) is 19.9 Å². The van der Waals surface area contributed by atoms with Gasteiger partial charge in [0.2, 0.25) is 0 Å². The predicted octanol–water partition coefficient (Wildman–Crippen LogP) is 3.42. The molecule has 5 rings (SSSR count). The molecular formula is C22H20N4O2. The zero-order valence-electron chi connectivity index (χ0n) is 15.3. The molecule has 1 aliphatic heterocycles. The first kappa shape index (κ1) is 16.7. The van der Waals surface area contributed by atoms with Crippen LogP contribution in [0.3, 0.4) is 0 Å². The zero-order valence-corrected chi connectivity index (χ0v) is 15.3. The van der Waals surface area contributed by atoms with E-state index in [1.165, 1.54) is 0 Å². The van der Waals surface area contributed by atoms with Gasteiger partial charge in [0.15, 0.2) is 0 Å². The highest BCUT2D eigenvalue weighted by Gasteiger charge is 2.28. The molecule has 2 N–H and O–H groups in total. The van der Waals surface area contributed by atoms with Crippen LogP contribution in [-0.4, -0.2) is 38.8 Å². The summed E-state index contributed by atoms with van der Waals surface area (Å²) in [5, 5.41) is 1.37. The standard InChI is InChI=1S/C22H20N4O2/c27-21-16-8-2-1-6-14(16)12-19(25-21)22(28)26-11-5-7-15(13-26)20-23-17-9-3-4-10-18(17)24-20/h1-4,6,8-10,12,15H,5,7,11,13H2,(H,23,24)(H,25,27)/t15-/m0/s1. The number of aromatic nitrogens is 3. The molecule has 2 aromatic carbocycles. The highest BCUT2D eigenvalue weighted by molar-refractivity contribution is 5.96. The minimum absolute atomic E-state index is 0.135. The molecule has 0 saturated carbocycles. The van der Waals surface area contributed by atoms with Gasteiger partial charge in [0, 0.05) is 24.4 Å². The van der Waals surface area contributed by atoms with Crippen molar-refractivity contribution in [2.45, 2.75) is 18.8 Å². The highest BCUT2D eigenvalue weighted by atomic mass is 16.2. The van der Waals surface area contributed by atoms with Crippen molar-refractivity contribution < 1.29 is 4.79 Å². The number of fused-ring (bicyclic) bond motifs is 2. The number of nitrogens with one attached hydrogen (secondary N) is 2. The zero-order chi connectivity index (χ0) is 19.1. The van der Waals surface area contributed by atoms with Crippen molar-refractivity contribution >= 4 is 27.7 Å². The Balaban J connectivity index is 1.43. The van der Waals surface area contributed by atoms with Crippen LogP contribution < -0.4 is 5.56 Å². The number of benzene rings is 2. The van der Waals surface area contributed by atoms with E-state index in [0.717, 1.165) is 35.1 Å². The molecule has 1 atom stereocenters. The maximum atomic E-state index is 13.1. The molecule has 1 saturated heterocycles. The van der Waals surface area contributed by atoms with Crippen molar-refractivity contribution in [1.29, 1.82) is 0 Å². The average Bonchev–Trinajstić information content (AvgIpc) is 3.18. The lowest BCUT2D eigenvalue weighted by Gasteiger charge is -2.31. The lowest BCUT2D eigenvalue weighted by Crippen LogP contribution is -2.40. The average molecular weight is 372 g/mol. The van der Waals surface area contributed by atoms with E-state index in [0.29, 0.717) is 24.2 Å². The van der Waals surface area contributed by atoms with Gasteiger partial charge in [0.05, 0.1) is 11.0 Å². The van der Waals surface area contributed by atoms with Crippen molar-refractivity contribution in [3.05, 3.63) is 76.5 Å². The smallest absolute Gasteiger partial charge is 0.270 e. The number of para-hydroxylation sites is 2. The number of pyridine rings is 1. The maximum Gasteiger partial charge on any atom is 0.270 e. The molecule has 4 aromatic rings. The predicted molar refractivity (Wildman–Crippen MR) is 109 cm³/mol. The monoisotopic (exact) mass is 372 g/mol. The van der Waals surface area contributed by atoms with E-state index in [1.54, 1.807) is 12.1 Å². The SMILES string of the molecule is O=C(c1cc2ccccc2c(=O)[nH]1)N1CCC[C@H](c2nc3ccccc3[nH]2)C1. The van der Waals surface area contributed by atoms with Gasteiger partial charge in [-0.3, -0.25) is 9.59 Å². The summed E-state index contributed by atoms with van der Waals surface area (Å²) in [6.45, 7) is 1.28. The van der Waals surface area contributed by atoms with Crippen molar-refractivity contribution in [2.24, 2.45) is 0 Å². The van der Waals surface area contributed by atoms with Crippen molar-refractivity contribution in [2.75, 3.05) is 13.1 Å². The van der Waals surface area contributed by atoms with E-state index in [4.69, 9.17) is 4.98 Å². The van der Waals surface area contributed by atoms with E-state index in [1.807, 2.05) is 47.4 Å². The topological polar surface area (TPSA) is 81.8 Å². The summed E-state index contributed by atoms with van der Waals surface area (Å²) in [4.78, 5) is 38.1. The maximum absolute atomic E-state index is 13.1. The lowest BCUT2D eigenvalue weighted by atomic mass is 9.97. The van der Waals surface area contributed by atoms with Crippen LogP contribution in [0.15, 0.2) is 59.4 Å². The van der Waals surface area contributed by atoms with Crippen LogP contribution >= 0.6 is 0 Å². The minimum Gasteiger partial charge on any atom is -0.342 e. The van der Waals surface area contributed by atoms with Gasteiger partial charge in [-0.25, -0.2) is 4.98 Å². The van der Waals surface area contributed by atoms with Gasteiger partial charge in [-0.2, -0.15) is 0 Å². The molecule has 0 unspecified atom stereocenters. The van der Waals surface area contributed by atoms with Crippen LogP contribution in [0, 0.1) is 0 Å². The van der Waals surface area contributed by atoms with Crippen LogP contribution in [0.2, 0.25) is 0 Å². The fourth-order valence-corrected chi connectivity index (χ4v) is 4.05. The summed E-state index contributed by atoms with van der Waals surface area (Å²) >= 11 is 0. The molecule has 0 spiro atoms. The lowest BCUT2D eigenvalue weighted by molar-refractivity contribution is 0.0699. The minimum atomic E-state index is -0.229. The number of hydrogen-bond acceptors (Lipinski definition) is 3. The Morgan fingerprint density at radius 3 is 2.79 bits per heavy atom. The van der Waals surface area contributed by atoms with Gasteiger partial charge in [-0.05, 0) is 42.5 Å². The summed E-state index contributed by atoms with van der Waals surface area (Å²) in [6.07, 6.45) is 1.89. The molecular weight excluding hydrogens is 352 g/mol. The molecule has 0 radical (unpaired) electrons. The molecule has 6 heteroatoms. The molecule has 0 bridgehead atoms. The largest absolute Gasteiger partial charge is 0.342 e. The van der Waals surface area contributed by atoms with Crippen LogP contribution in [0.1, 0.15) is 35.1 Å². The number of likely N-dealkylation sites (tertiary alicyclic amines) is 1. The van der Waals surface area contributed by atoms with Crippen molar-refractivity contribution in [3.8, 4) is 0 Å². The molecule has 1 fully saturated rings. The van der Waals surface area contributed by atoms with E-state index in [9.17, 15) is 9.59 Å². The van der Waals surface area contributed by atoms with Gasteiger partial charge in [-0.1, -0.05) is 30.3 Å². The van der Waals surface area contributed by atoms with Crippen LogP contribution in [0.5, 0.6) is 0 Å². The Morgan fingerprint density at radius 1 is 1.07 bits per heavy atom. The fourth-order valence-electron chi connectivity index (χ4n) is 4.05. The first-order chi connectivity index (χ1) is 13.7. The first-order valence-electron chi connectivity index (χ1n) is 9.55. The molecule has 3 heterocycles. The number of rotatable bonds is 2. The number of imidazole rings is 1. The molecule has 28 heavy (non-hydrogen) atoms. The second-order valence-electron chi connectivity index (χ2n) is 7.33. The fraction of sp³-hybridized carbons (Fsp3) is 0.227. The normalized spacial score (nSPS) is 17.3. The number of hydrogen-bond donors (Lipinski definition) is 2. The van der Waals surface area contributed by atoms with Gasteiger partial charge in [-0.15, -0.1) is 0 Å². The number of carbonyl (C=O) groups is 1. The molecule has 140 valence electrons. The second kappa shape index (κ2) is 6.64. The number of piperidine rings is 1. The van der Waals surface area contributed by atoms with E-state index < -0.39 is 0 Å². The number of H-pyrrole nitrogens is 2. The molecule has 1 aliphatic rings. The first-order valence-corrected chi connectivity index (χ1v) is 9.55. The van der Waals surface area contributed by atoms with Crippen LogP contribution in [-0.2, 0) is 0 Å². The third-order valence-electron chi connectivity index (χ3n) is 5.49. The van der Waals surface area contributed by atoms with Gasteiger partial charge in [0.25, 0.3) is 11.5 Å². The molecule has 6 nitrogen and oxygen atoms in total.